The van der Waals surface area contributed by atoms with Gasteiger partial charge in [0.15, 0.2) is 0 Å². The maximum Gasteiger partial charge on any atom is 0.244 e. The zero-order valence-corrected chi connectivity index (χ0v) is 25.3. The van der Waals surface area contributed by atoms with Crippen LogP contribution in [0.2, 0.25) is 10.0 Å². The zero-order chi connectivity index (χ0) is 29.3. The summed E-state index contributed by atoms with van der Waals surface area (Å²) in [6.45, 7) is 3.83. The van der Waals surface area contributed by atoms with E-state index >= 15 is 0 Å². The molecule has 7 nitrogen and oxygen atoms in total. The van der Waals surface area contributed by atoms with E-state index in [0.29, 0.717) is 33.4 Å². The molecule has 0 fully saturated rings. The summed E-state index contributed by atoms with van der Waals surface area (Å²) in [6.07, 6.45) is 3.00. The highest BCUT2D eigenvalue weighted by atomic mass is 35.5. The van der Waals surface area contributed by atoms with Crippen molar-refractivity contribution < 1.29 is 18.0 Å². The minimum Gasteiger partial charge on any atom is -0.354 e. The Bertz CT molecular complexity index is 1420. The van der Waals surface area contributed by atoms with Gasteiger partial charge in [-0.2, -0.15) is 0 Å². The molecule has 2 amide bonds. The Kier molecular flexibility index (Phi) is 11.4. The van der Waals surface area contributed by atoms with Crippen molar-refractivity contribution in [3.63, 3.8) is 0 Å². The van der Waals surface area contributed by atoms with E-state index in [9.17, 15) is 18.0 Å². The highest BCUT2D eigenvalue weighted by molar-refractivity contribution is 7.92. The van der Waals surface area contributed by atoms with Crippen LogP contribution in [0, 0.1) is 6.92 Å². The number of amides is 2. The number of nitrogens with one attached hydrogen (secondary N) is 1. The molecule has 0 unspecified atom stereocenters. The van der Waals surface area contributed by atoms with Crippen LogP contribution in [0.25, 0.3) is 0 Å². The largest absolute Gasteiger partial charge is 0.354 e. The molecule has 0 aliphatic carbocycles. The molecule has 0 aliphatic rings. The summed E-state index contributed by atoms with van der Waals surface area (Å²) in [7, 11) is -3.83. The van der Waals surface area contributed by atoms with Gasteiger partial charge in [-0.3, -0.25) is 13.9 Å². The maximum absolute atomic E-state index is 14.1. The lowest BCUT2D eigenvalue weighted by atomic mass is 10.0. The van der Waals surface area contributed by atoms with Gasteiger partial charge in [0.2, 0.25) is 21.8 Å². The number of unbranched alkanes of at least 4 members (excludes halogenated alkanes) is 1. The number of benzene rings is 3. The molecule has 1 atom stereocenters. The number of halogens is 2. The number of nitrogens with zero attached hydrogens (tertiary/aromatic N) is 2. The van der Waals surface area contributed by atoms with Gasteiger partial charge in [0.1, 0.15) is 12.6 Å². The van der Waals surface area contributed by atoms with E-state index in [4.69, 9.17) is 23.2 Å². The van der Waals surface area contributed by atoms with Gasteiger partial charge in [0.25, 0.3) is 0 Å². The van der Waals surface area contributed by atoms with Crippen LogP contribution in [0.4, 0.5) is 5.69 Å². The molecule has 40 heavy (non-hydrogen) atoms. The van der Waals surface area contributed by atoms with E-state index in [1.165, 1.54) is 4.90 Å². The second-order valence-electron chi connectivity index (χ2n) is 9.68. The number of carbonyl (C=O) groups is 2. The Morgan fingerprint density at radius 1 is 0.925 bits per heavy atom. The van der Waals surface area contributed by atoms with E-state index in [2.05, 4.69) is 5.32 Å². The monoisotopic (exact) mass is 603 g/mol. The average Bonchev–Trinajstić information content (AvgIpc) is 2.91. The normalized spacial score (nSPS) is 12.0. The van der Waals surface area contributed by atoms with Gasteiger partial charge in [-0.15, -0.1) is 0 Å². The van der Waals surface area contributed by atoms with E-state index in [0.717, 1.165) is 29.0 Å². The molecule has 214 valence electrons. The topological polar surface area (TPSA) is 86.8 Å². The summed E-state index contributed by atoms with van der Waals surface area (Å²) >= 11 is 12.4. The Hall–Kier alpha value is -3.07. The summed E-state index contributed by atoms with van der Waals surface area (Å²) in [6, 6.07) is 20.5. The molecular weight excluding hydrogens is 569 g/mol. The second-order valence-corrected chi connectivity index (χ2v) is 12.4. The van der Waals surface area contributed by atoms with Crippen LogP contribution in [-0.2, 0) is 32.6 Å². The highest BCUT2D eigenvalue weighted by Crippen LogP contribution is 2.26. The Morgan fingerprint density at radius 3 is 2.23 bits per heavy atom. The summed E-state index contributed by atoms with van der Waals surface area (Å²) < 4.78 is 26.9. The van der Waals surface area contributed by atoms with Crippen molar-refractivity contribution in [1.82, 2.24) is 10.2 Å². The van der Waals surface area contributed by atoms with Gasteiger partial charge >= 0.3 is 0 Å². The Labute approximate surface area is 247 Å². The van der Waals surface area contributed by atoms with Gasteiger partial charge in [-0.05, 0) is 48.2 Å². The third kappa shape index (κ3) is 8.71. The predicted octanol–water partition coefficient (Wildman–Crippen LogP) is 5.62. The fourth-order valence-corrected chi connectivity index (χ4v) is 5.56. The lowest BCUT2D eigenvalue weighted by molar-refractivity contribution is -0.140. The maximum atomic E-state index is 14.1. The minimum absolute atomic E-state index is 0.0276. The molecule has 0 saturated heterocycles. The SMILES string of the molecule is CCCCNC(=O)[C@H](Cc1ccccc1)N(Cc1ccc(Cl)c(Cl)c1)C(=O)CN(c1ccccc1C)S(C)(=O)=O. The molecule has 1 N–H and O–H groups in total. The van der Waals surface area contributed by atoms with Crippen molar-refractivity contribution in [3.8, 4) is 0 Å². The van der Waals surface area contributed by atoms with Gasteiger partial charge < -0.3 is 10.2 Å². The molecule has 3 aromatic carbocycles. The van der Waals surface area contributed by atoms with Gasteiger partial charge in [-0.25, -0.2) is 8.42 Å². The summed E-state index contributed by atoms with van der Waals surface area (Å²) in [5.41, 5.74) is 2.63. The number of hydrogen-bond acceptors (Lipinski definition) is 4. The first kappa shape index (κ1) is 31.5. The molecule has 3 rings (SSSR count). The van der Waals surface area contributed by atoms with E-state index in [1.54, 1.807) is 49.4 Å². The molecule has 0 spiro atoms. The first-order valence-electron chi connectivity index (χ1n) is 13.1. The molecule has 3 aromatic rings. The third-order valence-corrected chi connectivity index (χ3v) is 8.37. The van der Waals surface area contributed by atoms with Crippen molar-refractivity contribution in [2.24, 2.45) is 0 Å². The van der Waals surface area contributed by atoms with Crippen LogP contribution in [0.1, 0.15) is 36.5 Å². The number of carbonyl (C=O) groups excluding carboxylic acids is 2. The lowest BCUT2D eigenvalue weighted by Gasteiger charge is -2.34. The fourth-order valence-electron chi connectivity index (χ4n) is 4.33. The number of sulfonamides is 1. The molecule has 0 saturated carbocycles. The van der Waals surface area contributed by atoms with Crippen molar-refractivity contribution >= 4 is 50.7 Å². The van der Waals surface area contributed by atoms with E-state index in [1.807, 2.05) is 37.3 Å². The second kappa shape index (κ2) is 14.5. The standard InChI is InChI=1S/C30H35Cl2N3O4S/c1-4-5-17-33-30(37)28(19-23-12-7-6-8-13-23)34(20-24-15-16-25(31)26(32)18-24)29(36)21-35(40(3,38)39)27-14-10-9-11-22(27)2/h6-16,18,28H,4-5,17,19-21H2,1-3H3,(H,33,37)/t28-/m0/s1. The molecule has 0 aromatic heterocycles. The van der Waals surface area contributed by atoms with Crippen LogP contribution in [-0.4, -0.2) is 50.5 Å². The number of anilines is 1. The minimum atomic E-state index is -3.83. The fraction of sp³-hybridized carbons (Fsp3) is 0.333. The van der Waals surface area contributed by atoms with Crippen molar-refractivity contribution in [3.05, 3.63) is 99.5 Å². The van der Waals surface area contributed by atoms with Crippen molar-refractivity contribution in [1.29, 1.82) is 0 Å². The van der Waals surface area contributed by atoms with Crippen LogP contribution in [0.3, 0.4) is 0 Å². The lowest BCUT2D eigenvalue weighted by Crippen LogP contribution is -2.53. The summed E-state index contributed by atoms with van der Waals surface area (Å²) in [5.74, 6) is -0.834. The molecule has 0 radical (unpaired) electrons. The molecule has 10 heteroatoms. The van der Waals surface area contributed by atoms with Gasteiger partial charge in [0.05, 0.1) is 22.0 Å². The number of para-hydroxylation sites is 1. The smallest absolute Gasteiger partial charge is 0.244 e. The molecule has 0 heterocycles. The zero-order valence-electron chi connectivity index (χ0n) is 22.9. The van der Waals surface area contributed by atoms with E-state index in [-0.39, 0.29) is 18.9 Å². The highest BCUT2D eigenvalue weighted by Gasteiger charge is 2.33. The summed E-state index contributed by atoms with van der Waals surface area (Å²) in [4.78, 5) is 29.1. The van der Waals surface area contributed by atoms with Crippen LogP contribution >= 0.6 is 23.2 Å². The van der Waals surface area contributed by atoms with Crippen LogP contribution in [0.5, 0.6) is 0 Å². The van der Waals surface area contributed by atoms with Crippen LogP contribution < -0.4 is 9.62 Å². The van der Waals surface area contributed by atoms with Gasteiger partial charge in [-0.1, -0.05) is 91.1 Å². The molecular formula is C30H35Cl2N3O4S. The third-order valence-electron chi connectivity index (χ3n) is 6.50. The van der Waals surface area contributed by atoms with Crippen molar-refractivity contribution in [2.75, 3.05) is 23.7 Å². The predicted molar refractivity (Wildman–Crippen MR) is 162 cm³/mol. The first-order chi connectivity index (χ1) is 19.0. The van der Waals surface area contributed by atoms with E-state index < -0.39 is 28.5 Å². The molecule has 0 bridgehead atoms. The number of hydrogen-bond donors (Lipinski definition) is 1. The van der Waals surface area contributed by atoms with Crippen LogP contribution in [0.15, 0.2) is 72.8 Å². The number of aryl methyl sites for hydroxylation is 1. The van der Waals surface area contributed by atoms with Gasteiger partial charge in [0, 0.05) is 19.5 Å². The Morgan fingerprint density at radius 2 is 1.60 bits per heavy atom. The molecule has 0 aliphatic heterocycles. The summed E-state index contributed by atoms with van der Waals surface area (Å²) in [5, 5.41) is 3.64. The Balaban J connectivity index is 2.06. The van der Waals surface area contributed by atoms with Crippen molar-refractivity contribution in [2.45, 2.75) is 45.7 Å². The first-order valence-corrected chi connectivity index (χ1v) is 15.7. The quantitative estimate of drug-likeness (QED) is 0.257. The number of rotatable bonds is 13. The average molecular weight is 605 g/mol.